The second-order valence-electron chi connectivity index (χ2n) is 7.04. The number of benzene rings is 1. The van der Waals surface area contributed by atoms with E-state index in [1.54, 1.807) is 12.1 Å². The Labute approximate surface area is 155 Å². The molecule has 142 valence electrons. The summed E-state index contributed by atoms with van der Waals surface area (Å²) < 4.78 is 5.21. The molecule has 0 bridgehead atoms. The van der Waals surface area contributed by atoms with Gasteiger partial charge in [-0.15, -0.1) is 0 Å². The van der Waals surface area contributed by atoms with E-state index in [0.717, 1.165) is 4.90 Å². The second kappa shape index (κ2) is 7.22. The molecule has 3 rings (SSSR count). The summed E-state index contributed by atoms with van der Waals surface area (Å²) in [5.41, 5.74) is 0.671. The summed E-state index contributed by atoms with van der Waals surface area (Å²) in [5, 5.41) is 5.90. The van der Waals surface area contributed by atoms with E-state index >= 15 is 0 Å². The van der Waals surface area contributed by atoms with Gasteiger partial charge in [-0.25, -0.2) is 9.59 Å². The summed E-state index contributed by atoms with van der Waals surface area (Å²) in [6.45, 7) is 5.30. The molecule has 0 unspecified atom stereocenters. The van der Waals surface area contributed by atoms with Crippen molar-refractivity contribution in [3.8, 4) is 0 Å². The van der Waals surface area contributed by atoms with Crippen LogP contribution in [0.4, 0.5) is 10.5 Å². The molecule has 8 nitrogen and oxygen atoms in total. The minimum Gasteiger partial charge on any atom is -0.423 e. The number of nitrogens with one attached hydrogen (secondary N) is 2. The maximum atomic E-state index is 12.5. The van der Waals surface area contributed by atoms with Gasteiger partial charge in [-0.1, -0.05) is 13.8 Å². The van der Waals surface area contributed by atoms with Crippen LogP contribution in [0.15, 0.2) is 33.5 Å². The fourth-order valence-electron chi connectivity index (χ4n) is 3.17. The molecule has 2 N–H and O–H groups in total. The normalized spacial score (nSPS) is 16.9. The topological polar surface area (TPSA) is 109 Å². The number of nitrogens with zero attached hydrogens (tertiary/aromatic N) is 1. The molecule has 1 aromatic carbocycles. The number of anilines is 1. The zero-order chi connectivity index (χ0) is 19.7. The largest absolute Gasteiger partial charge is 0.423 e. The first kappa shape index (κ1) is 18.6. The van der Waals surface area contributed by atoms with Gasteiger partial charge in [0.25, 0.3) is 5.91 Å². The number of fused-ring (bicyclic) bond motifs is 1. The minimum atomic E-state index is -0.594. The summed E-state index contributed by atoms with van der Waals surface area (Å²) in [7, 11) is 0. The van der Waals surface area contributed by atoms with Crippen LogP contribution < -0.4 is 16.3 Å². The average molecular weight is 371 g/mol. The number of rotatable bonds is 5. The third-order valence-corrected chi connectivity index (χ3v) is 4.29. The monoisotopic (exact) mass is 371 g/mol. The van der Waals surface area contributed by atoms with Crippen molar-refractivity contribution in [1.29, 1.82) is 0 Å². The fourth-order valence-corrected chi connectivity index (χ4v) is 3.17. The second-order valence-corrected chi connectivity index (χ2v) is 7.04. The molecule has 1 saturated heterocycles. The van der Waals surface area contributed by atoms with Crippen LogP contribution >= 0.6 is 0 Å². The van der Waals surface area contributed by atoms with E-state index in [0.29, 0.717) is 23.1 Å². The minimum absolute atomic E-state index is 0.0269. The number of imide groups is 1. The van der Waals surface area contributed by atoms with Crippen molar-refractivity contribution >= 4 is 34.5 Å². The SMILES string of the molecule is CC(=O)Nc1ccc2c(CN3C(=O)N[C@H](CC(C)C)C3=O)cc(=O)oc2c1. The Balaban J connectivity index is 1.92. The number of hydrogen-bond donors (Lipinski definition) is 2. The molecule has 0 saturated carbocycles. The Kier molecular flexibility index (Phi) is 4.98. The van der Waals surface area contributed by atoms with E-state index < -0.39 is 17.7 Å². The number of carbonyl (C=O) groups excluding carboxylic acids is 3. The van der Waals surface area contributed by atoms with E-state index in [4.69, 9.17) is 4.42 Å². The Morgan fingerprint density at radius 3 is 2.67 bits per heavy atom. The molecular formula is C19H21N3O5. The molecule has 1 fully saturated rings. The van der Waals surface area contributed by atoms with Gasteiger partial charge in [-0.3, -0.25) is 14.5 Å². The van der Waals surface area contributed by atoms with Crippen molar-refractivity contribution in [2.24, 2.45) is 5.92 Å². The van der Waals surface area contributed by atoms with Crippen molar-refractivity contribution in [2.75, 3.05) is 5.32 Å². The van der Waals surface area contributed by atoms with Crippen LogP contribution in [0.1, 0.15) is 32.8 Å². The Morgan fingerprint density at radius 2 is 2.00 bits per heavy atom. The molecule has 1 aliphatic rings. The molecule has 2 aromatic rings. The molecule has 1 atom stereocenters. The molecule has 27 heavy (non-hydrogen) atoms. The van der Waals surface area contributed by atoms with Gasteiger partial charge in [0.1, 0.15) is 11.6 Å². The molecule has 2 heterocycles. The summed E-state index contributed by atoms with van der Waals surface area (Å²) in [6.07, 6.45) is 0.554. The molecule has 1 aromatic heterocycles. The van der Waals surface area contributed by atoms with E-state index in [1.165, 1.54) is 19.1 Å². The Morgan fingerprint density at radius 1 is 1.26 bits per heavy atom. The lowest BCUT2D eigenvalue weighted by Crippen LogP contribution is -2.31. The lowest BCUT2D eigenvalue weighted by molar-refractivity contribution is -0.128. The highest BCUT2D eigenvalue weighted by atomic mass is 16.4. The number of urea groups is 1. The summed E-state index contributed by atoms with van der Waals surface area (Å²) in [5.74, 6) is -0.288. The van der Waals surface area contributed by atoms with Crippen LogP contribution in [0, 0.1) is 5.92 Å². The smallest absolute Gasteiger partial charge is 0.336 e. The standard InChI is InChI=1S/C19H21N3O5/c1-10(2)6-15-18(25)22(19(26)21-15)9-12-7-17(24)27-16-8-13(20-11(3)23)4-5-14(12)16/h4-5,7-8,10,15H,6,9H2,1-3H3,(H,20,23)(H,21,26)/t15-/m1/s1. The highest BCUT2D eigenvalue weighted by molar-refractivity contribution is 6.04. The summed E-state index contributed by atoms with van der Waals surface area (Å²) >= 11 is 0. The lowest BCUT2D eigenvalue weighted by Gasteiger charge is -2.15. The van der Waals surface area contributed by atoms with Gasteiger partial charge in [-0.05, 0) is 30.0 Å². The maximum absolute atomic E-state index is 12.5. The number of amides is 4. The molecule has 1 aliphatic heterocycles. The van der Waals surface area contributed by atoms with E-state index in [2.05, 4.69) is 10.6 Å². The fraction of sp³-hybridized carbons (Fsp3) is 0.368. The molecule has 0 radical (unpaired) electrons. The van der Waals surface area contributed by atoms with E-state index in [9.17, 15) is 19.2 Å². The van der Waals surface area contributed by atoms with E-state index in [1.807, 2.05) is 13.8 Å². The zero-order valence-corrected chi connectivity index (χ0v) is 15.4. The Bertz CT molecular complexity index is 979. The first-order valence-electron chi connectivity index (χ1n) is 8.71. The van der Waals surface area contributed by atoms with E-state index in [-0.39, 0.29) is 29.9 Å². The van der Waals surface area contributed by atoms with Gasteiger partial charge in [0.2, 0.25) is 5.91 Å². The summed E-state index contributed by atoms with van der Waals surface area (Å²) in [4.78, 5) is 49.0. The van der Waals surface area contributed by atoms with Crippen LogP contribution in [0.5, 0.6) is 0 Å². The molecule has 8 heteroatoms. The van der Waals surface area contributed by atoms with Crippen LogP contribution in [0.2, 0.25) is 0 Å². The van der Waals surface area contributed by atoms with Crippen molar-refractivity contribution in [2.45, 2.75) is 39.8 Å². The third kappa shape index (κ3) is 3.99. The van der Waals surface area contributed by atoms with Gasteiger partial charge < -0.3 is 15.1 Å². The van der Waals surface area contributed by atoms with Gasteiger partial charge in [-0.2, -0.15) is 0 Å². The first-order valence-corrected chi connectivity index (χ1v) is 8.71. The number of hydrogen-bond acceptors (Lipinski definition) is 5. The van der Waals surface area contributed by atoms with Crippen LogP contribution in [-0.4, -0.2) is 28.8 Å². The average Bonchev–Trinajstić information content (AvgIpc) is 2.80. The van der Waals surface area contributed by atoms with Gasteiger partial charge in [0.15, 0.2) is 0 Å². The van der Waals surface area contributed by atoms with Crippen LogP contribution in [-0.2, 0) is 16.1 Å². The van der Waals surface area contributed by atoms with Gasteiger partial charge in [0, 0.05) is 30.1 Å². The molecule has 4 amide bonds. The molecular weight excluding hydrogens is 350 g/mol. The maximum Gasteiger partial charge on any atom is 0.336 e. The predicted octanol–water partition coefficient (Wildman–Crippen LogP) is 2.22. The zero-order valence-electron chi connectivity index (χ0n) is 15.4. The highest BCUT2D eigenvalue weighted by Gasteiger charge is 2.38. The predicted molar refractivity (Wildman–Crippen MR) is 99.1 cm³/mol. The lowest BCUT2D eigenvalue weighted by atomic mass is 10.0. The third-order valence-electron chi connectivity index (χ3n) is 4.29. The van der Waals surface area contributed by atoms with Crippen molar-refractivity contribution < 1.29 is 18.8 Å². The van der Waals surface area contributed by atoms with Crippen LogP contribution in [0.25, 0.3) is 11.0 Å². The van der Waals surface area contributed by atoms with Gasteiger partial charge in [0.05, 0.1) is 6.54 Å². The molecule has 0 aliphatic carbocycles. The summed E-state index contributed by atoms with van der Waals surface area (Å²) in [6, 6.07) is 5.15. The van der Waals surface area contributed by atoms with Crippen molar-refractivity contribution in [1.82, 2.24) is 10.2 Å². The van der Waals surface area contributed by atoms with Crippen molar-refractivity contribution in [3.63, 3.8) is 0 Å². The first-order chi connectivity index (χ1) is 12.7. The highest BCUT2D eigenvalue weighted by Crippen LogP contribution is 2.24. The van der Waals surface area contributed by atoms with Gasteiger partial charge >= 0.3 is 11.7 Å². The molecule has 0 spiro atoms. The Hall–Kier alpha value is -3.16. The quantitative estimate of drug-likeness (QED) is 0.619. The van der Waals surface area contributed by atoms with Crippen molar-refractivity contribution in [3.05, 3.63) is 40.2 Å². The van der Waals surface area contributed by atoms with Crippen LogP contribution in [0.3, 0.4) is 0 Å². The number of carbonyl (C=O) groups is 3.